The van der Waals surface area contributed by atoms with Crippen LogP contribution in [0.5, 0.6) is 0 Å². The fourth-order valence-corrected chi connectivity index (χ4v) is 2.71. The highest BCUT2D eigenvalue weighted by Gasteiger charge is 2.22. The Hall–Kier alpha value is -1.66. The second-order valence-electron chi connectivity index (χ2n) is 5.64. The molecule has 0 aromatic heterocycles. The summed E-state index contributed by atoms with van der Waals surface area (Å²) in [5.74, 6) is 0.403. The maximum atomic E-state index is 11.3. The first-order valence-corrected chi connectivity index (χ1v) is 7.24. The van der Waals surface area contributed by atoms with Crippen LogP contribution in [-0.2, 0) is 4.74 Å². The maximum absolute atomic E-state index is 11.3. The largest absolute Gasteiger partial charge is 0.389 e. The molecule has 1 aromatic rings. The van der Waals surface area contributed by atoms with E-state index in [0.717, 1.165) is 26.0 Å². The molecule has 2 rings (SSSR count). The van der Waals surface area contributed by atoms with Crippen molar-refractivity contribution in [2.24, 2.45) is 5.92 Å². The number of aliphatic hydroxyl groups is 1. The average molecular weight is 294 g/mol. The van der Waals surface area contributed by atoms with Crippen molar-refractivity contribution in [1.29, 1.82) is 0 Å². The highest BCUT2D eigenvalue weighted by Crippen LogP contribution is 2.31. The monoisotopic (exact) mass is 294 g/mol. The summed E-state index contributed by atoms with van der Waals surface area (Å²) in [6.45, 7) is 3.85. The average Bonchev–Trinajstić information content (AvgIpc) is 2.47. The first kappa shape index (κ1) is 15.7. The number of hydrogen-bond donors (Lipinski definition) is 1. The van der Waals surface area contributed by atoms with Crippen LogP contribution in [0.1, 0.15) is 31.4 Å². The van der Waals surface area contributed by atoms with Crippen molar-refractivity contribution in [3.8, 4) is 0 Å². The van der Waals surface area contributed by atoms with Crippen molar-refractivity contribution < 1.29 is 14.8 Å². The van der Waals surface area contributed by atoms with E-state index in [1.54, 1.807) is 19.1 Å². The fraction of sp³-hybridized carbons (Fsp3) is 0.600. The van der Waals surface area contributed by atoms with Crippen LogP contribution in [0.2, 0.25) is 0 Å². The summed E-state index contributed by atoms with van der Waals surface area (Å²) in [6.07, 6.45) is 1.42. The number of nitrogens with zero attached hydrogens (tertiary/aromatic N) is 2. The zero-order chi connectivity index (χ0) is 15.4. The van der Waals surface area contributed by atoms with Gasteiger partial charge in [0.05, 0.1) is 17.6 Å². The number of benzene rings is 1. The van der Waals surface area contributed by atoms with Crippen molar-refractivity contribution in [3.05, 3.63) is 33.9 Å². The standard InChI is InChI=1S/C15H22N2O4/c1-11(18)13-5-6-14(15(8-13)17(19)20)16(2)9-12-4-3-7-21-10-12/h5-6,8,11-12,18H,3-4,7,9-10H2,1-2H3/t11-,12?/m0/s1. The summed E-state index contributed by atoms with van der Waals surface area (Å²) >= 11 is 0. The second kappa shape index (κ2) is 6.87. The minimum Gasteiger partial charge on any atom is -0.389 e. The maximum Gasteiger partial charge on any atom is 0.292 e. The minimum absolute atomic E-state index is 0.0348. The predicted molar refractivity (Wildman–Crippen MR) is 80.5 cm³/mol. The number of hydrogen-bond acceptors (Lipinski definition) is 5. The molecule has 0 bridgehead atoms. The van der Waals surface area contributed by atoms with Crippen LogP contribution in [-0.4, -0.2) is 36.8 Å². The van der Waals surface area contributed by atoms with Gasteiger partial charge in [-0.05, 0) is 37.3 Å². The number of nitro groups is 1. The van der Waals surface area contributed by atoms with E-state index in [-0.39, 0.29) is 5.69 Å². The van der Waals surface area contributed by atoms with Crippen LogP contribution >= 0.6 is 0 Å². The van der Waals surface area contributed by atoms with Gasteiger partial charge >= 0.3 is 0 Å². The van der Waals surface area contributed by atoms with Gasteiger partial charge in [-0.2, -0.15) is 0 Å². The molecule has 0 amide bonds. The second-order valence-corrected chi connectivity index (χ2v) is 5.64. The Morgan fingerprint density at radius 1 is 1.57 bits per heavy atom. The summed E-state index contributed by atoms with van der Waals surface area (Å²) in [7, 11) is 1.86. The Labute approximate surface area is 124 Å². The molecule has 0 saturated carbocycles. The Morgan fingerprint density at radius 2 is 2.33 bits per heavy atom. The Morgan fingerprint density at radius 3 is 2.90 bits per heavy atom. The normalized spacial score (nSPS) is 20.0. The zero-order valence-corrected chi connectivity index (χ0v) is 12.5. The van der Waals surface area contributed by atoms with Crippen molar-refractivity contribution in [2.45, 2.75) is 25.9 Å². The molecule has 1 heterocycles. The quantitative estimate of drug-likeness (QED) is 0.667. The van der Waals surface area contributed by atoms with E-state index in [2.05, 4.69) is 0 Å². The van der Waals surface area contributed by atoms with Gasteiger partial charge in [-0.15, -0.1) is 0 Å². The molecule has 0 aliphatic carbocycles. The lowest BCUT2D eigenvalue weighted by Crippen LogP contribution is -2.31. The van der Waals surface area contributed by atoms with Gasteiger partial charge in [-0.25, -0.2) is 0 Å². The molecule has 1 aliphatic heterocycles. The third kappa shape index (κ3) is 3.92. The Balaban J connectivity index is 2.18. The van der Waals surface area contributed by atoms with Gasteiger partial charge in [0.25, 0.3) is 5.69 Å². The number of nitro benzene ring substituents is 1. The lowest BCUT2D eigenvalue weighted by Gasteiger charge is -2.28. The van der Waals surface area contributed by atoms with Crippen molar-refractivity contribution in [3.63, 3.8) is 0 Å². The number of rotatable bonds is 5. The molecule has 1 N–H and O–H groups in total. The molecule has 116 valence electrons. The number of anilines is 1. The molecule has 0 radical (unpaired) electrons. The molecule has 1 aromatic carbocycles. The third-order valence-corrected chi connectivity index (χ3v) is 3.88. The molecule has 1 fully saturated rings. The van der Waals surface area contributed by atoms with E-state index in [0.29, 0.717) is 23.8 Å². The number of ether oxygens (including phenoxy) is 1. The molecule has 21 heavy (non-hydrogen) atoms. The van der Waals surface area contributed by atoms with E-state index >= 15 is 0 Å². The van der Waals surface area contributed by atoms with Gasteiger partial charge in [0, 0.05) is 26.3 Å². The summed E-state index contributed by atoms with van der Waals surface area (Å²) in [5, 5.41) is 20.8. The molecular formula is C15H22N2O4. The first-order chi connectivity index (χ1) is 9.99. The fourth-order valence-electron chi connectivity index (χ4n) is 2.71. The summed E-state index contributed by atoms with van der Waals surface area (Å²) in [4.78, 5) is 12.8. The third-order valence-electron chi connectivity index (χ3n) is 3.88. The van der Waals surface area contributed by atoms with Crippen LogP contribution in [0, 0.1) is 16.0 Å². The van der Waals surface area contributed by atoms with Gasteiger partial charge < -0.3 is 14.7 Å². The topological polar surface area (TPSA) is 75.8 Å². The molecule has 6 nitrogen and oxygen atoms in total. The molecule has 1 unspecified atom stereocenters. The van der Waals surface area contributed by atoms with Crippen molar-refractivity contribution >= 4 is 11.4 Å². The van der Waals surface area contributed by atoms with Crippen LogP contribution < -0.4 is 4.90 Å². The van der Waals surface area contributed by atoms with Gasteiger partial charge in [-0.3, -0.25) is 10.1 Å². The minimum atomic E-state index is -0.713. The lowest BCUT2D eigenvalue weighted by atomic mass is 10.0. The van der Waals surface area contributed by atoms with Crippen LogP contribution in [0.4, 0.5) is 11.4 Å². The summed E-state index contributed by atoms with van der Waals surface area (Å²) in [6, 6.07) is 4.90. The lowest BCUT2D eigenvalue weighted by molar-refractivity contribution is -0.384. The summed E-state index contributed by atoms with van der Waals surface area (Å²) in [5.41, 5.74) is 1.17. The van der Waals surface area contributed by atoms with Gasteiger partial charge in [0.15, 0.2) is 0 Å². The first-order valence-electron chi connectivity index (χ1n) is 7.24. The Kier molecular flexibility index (Phi) is 5.14. The van der Waals surface area contributed by atoms with E-state index in [9.17, 15) is 15.2 Å². The van der Waals surface area contributed by atoms with Crippen molar-refractivity contribution in [1.82, 2.24) is 0 Å². The van der Waals surface area contributed by atoms with Gasteiger partial charge in [-0.1, -0.05) is 6.07 Å². The molecule has 6 heteroatoms. The van der Waals surface area contributed by atoms with Gasteiger partial charge in [0.1, 0.15) is 5.69 Å². The zero-order valence-electron chi connectivity index (χ0n) is 12.5. The van der Waals surface area contributed by atoms with Crippen LogP contribution in [0.15, 0.2) is 18.2 Å². The number of aliphatic hydroxyl groups excluding tert-OH is 1. The van der Waals surface area contributed by atoms with E-state index in [1.807, 2.05) is 11.9 Å². The smallest absolute Gasteiger partial charge is 0.292 e. The van der Waals surface area contributed by atoms with E-state index in [1.165, 1.54) is 6.07 Å². The molecule has 1 saturated heterocycles. The summed E-state index contributed by atoms with van der Waals surface area (Å²) < 4.78 is 5.45. The molecular weight excluding hydrogens is 272 g/mol. The SMILES string of the molecule is C[C@H](O)c1ccc(N(C)CC2CCCOC2)c([N+](=O)[O-])c1. The highest BCUT2D eigenvalue weighted by atomic mass is 16.6. The molecule has 2 atom stereocenters. The molecule has 0 spiro atoms. The highest BCUT2D eigenvalue weighted by molar-refractivity contribution is 5.64. The molecule has 1 aliphatic rings. The Bertz CT molecular complexity index is 498. The predicted octanol–water partition coefficient (Wildman–Crippen LogP) is 2.51. The van der Waals surface area contributed by atoms with Gasteiger partial charge in [0.2, 0.25) is 0 Å². The van der Waals surface area contributed by atoms with E-state index < -0.39 is 11.0 Å². The van der Waals surface area contributed by atoms with Crippen LogP contribution in [0.25, 0.3) is 0 Å². The van der Waals surface area contributed by atoms with E-state index in [4.69, 9.17) is 4.74 Å². The van der Waals surface area contributed by atoms with Crippen LogP contribution in [0.3, 0.4) is 0 Å². The van der Waals surface area contributed by atoms with Crippen molar-refractivity contribution in [2.75, 3.05) is 31.7 Å².